The summed E-state index contributed by atoms with van der Waals surface area (Å²) in [7, 11) is 7.54. The van der Waals surface area contributed by atoms with Crippen LogP contribution in [0.5, 0.6) is 0 Å². The predicted octanol–water partition coefficient (Wildman–Crippen LogP) is 2.33. The summed E-state index contributed by atoms with van der Waals surface area (Å²) in [5, 5.41) is 2.95. The van der Waals surface area contributed by atoms with E-state index in [4.69, 9.17) is 11.6 Å². The molecule has 0 bridgehead atoms. The maximum Gasteiger partial charge on any atom is 0.232 e. The molecular weight excluding hydrogens is 296 g/mol. The highest BCUT2D eigenvalue weighted by molar-refractivity contribution is 7.16. The standard InChI is InChI=1S/C12H17ClN6S/c1-14-10-15-11(18(2)3)17-12(16-10)19(4)7-8-5-6-9(13)20-8/h5-6H,7H2,1-4H3,(H,14,15,16,17). The van der Waals surface area contributed by atoms with Crippen LogP contribution >= 0.6 is 22.9 Å². The predicted molar refractivity (Wildman–Crippen MR) is 85.1 cm³/mol. The van der Waals surface area contributed by atoms with Crippen LogP contribution in [0.1, 0.15) is 4.88 Å². The Morgan fingerprint density at radius 2 is 1.85 bits per heavy atom. The number of hydrogen-bond donors (Lipinski definition) is 1. The Balaban J connectivity index is 2.24. The molecule has 0 spiro atoms. The SMILES string of the molecule is CNc1nc(N(C)C)nc(N(C)Cc2ccc(Cl)s2)n1. The molecule has 0 aliphatic heterocycles. The lowest BCUT2D eigenvalue weighted by Gasteiger charge is -2.19. The van der Waals surface area contributed by atoms with Crippen LogP contribution < -0.4 is 15.1 Å². The van der Waals surface area contributed by atoms with E-state index in [0.717, 1.165) is 9.21 Å². The summed E-state index contributed by atoms with van der Waals surface area (Å²) in [5.74, 6) is 1.79. The van der Waals surface area contributed by atoms with E-state index in [-0.39, 0.29) is 0 Å². The van der Waals surface area contributed by atoms with Gasteiger partial charge in [0.2, 0.25) is 17.8 Å². The van der Waals surface area contributed by atoms with E-state index in [1.165, 1.54) is 0 Å². The van der Waals surface area contributed by atoms with E-state index in [0.29, 0.717) is 24.4 Å². The molecule has 0 aliphatic rings. The first-order chi connectivity index (χ1) is 9.49. The van der Waals surface area contributed by atoms with Crippen LogP contribution in [0.2, 0.25) is 4.34 Å². The number of halogens is 1. The molecule has 1 N–H and O–H groups in total. The first kappa shape index (κ1) is 14.8. The molecule has 2 aromatic heterocycles. The van der Waals surface area contributed by atoms with Gasteiger partial charge in [0.15, 0.2) is 0 Å². The Bertz CT molecular complexity index is 585. The van der Waals surface area contributed by atoms with Crippen LogP contribution in [-0.2, 0) is 6.54 Å². The Morgan fingerprint density at radius 1 is 1.15 bits per heavy atom. The fourth-order valence-electron chi connectivity index (χ4n) is 1.58. The van der Waals surface area contributed by atoms with Gasteiger partial charge in [0.05, 0.1) is 10.9 Å². The minimum absolute atomic E-state index is 0.551. The topological polar surface area (TPSA) is 57.2 Å². The molecule has 2 heterocycles. The summed E-state index contributed by atoms with van der Waals surface area (Å²) in [4.78, 5) is 18.1. The van der Waals surface area contributed by atoms with E-state index in [1.54, 1.807) is 18.4 Å². The first-order valence-electron chi connectivity index (χ1n) is 6.06. The minimum Gasteiger partial charge on any atom is -0.357 e. The Morgan fingerprint density at radius 3 is 2.40 bits per heavy atom. The van der Waals surface area contributed by atoms with Crippen LogP contribution in [0.25, 0.3) is 0 Å². The smallest absolute Gasteiger partial charge is 0.232 e. The Kier molecular flexibility index (Phi) is 4.61. The molecule has 2 rings (SSSR count). The van der Waals surface area contributed by atoms with Crippen molar-refractivity contribution in [1.82, 2.24) is 15.0 Å². The lowest BCUT2D eigenvalue weighted by atomic mass is 10.4. The van der Waals surface area contributed by atoms with Crippen molar-refractivity contribution in [2.24, 2.45) is 0 Å². The molecule has 6 nitrogen and oxygen atoms in total. The molecule has 0 unspecified atom stereocenters. The number of rotatable bonds is 5. The number of nitrogens with one attached hydrogen (secondary N) is 1. The van der Waals surface area contributed by atoms with E-state index >= 15 is 0 Å². The zero-order chi connectivity index (χ0) is 14.7. The van der Waals surface area contributed by atoms with E-state index in [1.807, 2.05) is 43.1 Å². The second-order valence-electron chi connectivity index (χ2n) is 4.47. The Hall–Kier alpha value is -1.60. The van der Waals surface area contributed by atoms with Crippen LogP contribution in [0.15, 0.2) is 12.1 Å². The van der Waals surface area contributed by atoms with Crippen LogP contribution in [0, 0.1) is 0 Å². The van der Waals surface area contributed by atoms with Crippen LogP contribution in [0.3, 0.4) is 0 Å². The van der Waals surface area contributed by atoms with Gasteiger partial charge in [-0.1, -0.05) is 11.6 Å². The molecule has 20 heavy (non-hydrogen) atoms. The summed E-state index contributed by atoms with van der Waals surface area (Å²) < 4.78 is 0.786. The molecule has 0 saturated heterocycles. The monoisotopic (exact) mass is 312 g/mol. The van der Waals surface area contributed by atoms with Crippen molar-refractivity contribution in [3.05, 3.63) is 21.3 Å². The highest BCUT2D eigenvalue weighted by atomic mass is 35.5. The molecule has 108 valence electrons. The average molecular weight is 313 g/mol. The van der Waals surface area contributed by atoms with E-state index < -0.39 is 0 Å². The molecule has 0 amide bonds. The second-order valence-corrected chi connectivity index (χ2v) is 6.26. The number of anilines is 3. The minimum atomic E-state index is 0.551. The third-order valence-electron chi connectivity index (χ3n) is 2.60. The molecule has 0 fully saturated rings. The van der Waals surface area contributed by atoms with Crippen LogP contribution in [0.4, 0.5) is 17.8 Å². The van der Waals surface area contributed by atoms with Gasteiger partial charge in [0.1, 0.15) is 0 Å². The maximum atomic E-state index is 5.95. The molecular formula is C12H17ClN6S. The van der Waals surface area contributed by atoms with Gasteiger partial charge in [-0.15, -0.1) is 11.3 Å². The molecule has 8 heteroatoms. The average Bonchev–Trinajstić information content (AvgIpc) is 2.83. The number of aromatic nitrogens is 3. The fourth-order valence-corrected chi connectivity index (χ4v) is 2.72. The lowest BCUT2D eigenvalue weighted by Crippen LogP contribution is -2.22. The highest BCUT2D eigenvalue weighted by Crippen LogP contribution is 2.24. The van der Waals surface area contributed by atoms with Crippen molar-refractivity contribution in [3.63, 3.8) is 0 Å². The van der Waals surface area contributed by atoms with Crippen molar-refractivity contribution in [1.29, 1.82) is 0 Å². The number of thiophene rings is 1. The van der Waals surface area contributed by atoms with Crippen molar-refractivity contribution in [2.75, 3.05) is 43.3 Å². The van der Waals surface area contributed by atoms with Crippen molar-refractivity contribution in [3.8, 4) is 0 Å². The first-order valence-corrected chi connectivity index (χ1v) is 7.25. The summed E-state index contributed by atoms with van der Waals surface area (Å²) >= 11 is 7.50. The molecule has 0 radical (unpaired) electrons. The van der Waals surface area contributed by atoms with Gasteiger partial charge < -0.3 is 15.1 Å². The van der Waals surface area contributed by atoms with Gasteiger partial charge >= 0.3 is 0 Å². The van der Waals surface area contributed by atoms with Gasteiger partial charge in [-0.05, 0) is 12.1 Å². The fraction of sp³-hybridized carbons (Fsp3) is 0.417. The molecule has 0 saturated carbocycles. The largest absolute Gasteiger partial charge is 0.357 e. The maximum absolute atomic E-state index is 5.95. The van der Waals surface area contributed by atoms with Gasteiger partial charge in [0.25, 0.3) is 0 Å². The number of nitrogens with zero attached hydrogens (tertiary/aromatic N) is 5. The summed E-state index contributed by atoms with van der Waals surface area (Å²) in [6.45, 7) is 0.706. The normalized spacial score (nSPS) is 10.4. The summed E-state index contributed by atoms with van der Waals surface area (Å²) in [6, 6.07) is 3.91. The zero-order valence-corrected chi connectivity index (χ0v) is 13.5. The van der Waals surface area contributed by atoms with E-state index in [9.17, 15) is 0 Å². The molecule has 0 aromatic carbocycles. The molecule has 2 aromatic rings. The van der Waals surface area contributed by atoms with Crippen molar-refractivity contribution >= 4 is 40.8 Å². The van der Waals surface area contributed by atoms with Gasteiger partial charge in [0, 0.05) is 33.1 Å². The molecule has 0 atom stereocenters. The zero-order valence-electron chi connectivity index (χ0n) is 11.9. The van der Waals surface area contributed by atoms with Crippen molar-refractivity contribution < 1.29 is 0 Å². The highest BCUT2D eigenvalue weighted by Gasteiger charge is 2.12. The Labute approximate surface area is 127 Å². The summed E-state index contributed by atoms with van der Waals surface area (Å²) in [6.07, 6.45) is 0. The van der Waals surface area contributed by atoms with Gasteiger partial charge in [-0.3, -0.25) is 0 Å². The van der Waals surface area contributed by atoms with E-state index in [2.05, 4.69) is 20.3 Å². The number of hydrogen-bond acceptors (Lipinski definition) is 7. The van der Waals surface area contributed by atoms with Crippen LogP contribution in [-0.4, -0.2) is 43.1 Å². The van der Waals surface area contributed by atoms with Gasteiger partial charge in [-0.2, -0.15) is 15.0 Å². The third-order valence-corrected chi connectivity index (χ3v) is 3.81. The summed E-state index contributed by atoms with van der Waals surface area (Å²) in [5.41, 5.74) is 0. The second kappa shape index (κ2) is 6.23. The third kappa shape index (κ3) is 3.49. The lowest BCUT2D eigenvalue weighted by molar-refractivity contribution is 0.852. The van der Waals surface area contributed by atoms with Crippen molar-refractivity contribution in [2.45, 2.75) is 6.54 Å². The van der Waals surface area contributed by atoms with Gasteiger partial charge in [-0.25, -0.2) is 0 Å². The molecule has 0 aliphatic carbocycles. The quantitative estimate of drug-likeness (QED) is 0.914.